The molecular formula is C9H9N3O. The van der Waals surface area contributed by atoms with Crippen molar-refractivity contribution in [1.29, 1.82) is 0 Å². The van der Waals surface area contributed by atoms with Gasteiger partial charge in [0.15, 0.2) is 0 Å². The van der Waals surface area contributed by atoms with E-state index in [1.807, 2.05) is 18.2 Å². The molecule has 0 aromatic heterocycles. The number of carbonyl (C=O) groups excluding carboxylic acids is 1. The lowest BCUT2D eigenvalue weighted by Gasteiger charge is -2.01. The first-order valence-electron chi connectivity index (χ1n) is 3.98. The Morgan fingerprint density at radius 2 is 2.00 bits per heavy atom. The number of hydrogen-bond acceptors (Lipinski definition) is 3. The number of fused-ring (bicyclic) bond motifs is 1. The van der Waals surface area contributed by atoms with Crippen LogP contribution >= 0.6 is 0 Å². The fraction of sp³-hybridized carbons (Fsp3) is 0.111. The summed E-state index contributed by atoms with van der Waals surface area (Å²) in [5.74, 6) is 0.523. The monoisotopic (exact) mass is 175 g/mol. The molecule has 0 atom stereocenters. The minimum atomic E-state index is -0.156. The average molecular weight is 175 g/mol. The normalized spacial score (nSPS) is 14.8. The maximum atomic E-state index is 11.4. The summed E-state index contributed by atoms with van der Waals surface area (Å²) in [6.07, 6.45) is 0. The molecule has 0 aliphatic carbocycles. The van der Waals surface area contributed by atoms with Gasteiger partial charge < -0.3 is 0 Å². The number of hydrazine groups is 1. The van der Waals surface area contributed by atoms with Gasteiger partial charge in [-0.25, -0.2) is 4.99 Å². The van der Waals surface area contributed by atoms with Crippen molar-refractivity contribution >= 4 is 17.4 Å². The topological polar surface area (TPSA) is 53.5 Å². The number of nitrogens with zero attached hydrogens (tertiary/aromatic N) is 1. The Morgan fingerprint density at radius 1 is 1.23 bits per heavy atom. The number of para-hydroxylation sites is 1. The van der Waals surface area contributed by atoms with E-state index in [0.29, 0.717) is 17.1 Å². The molecule has 4 heteroatoms. The predicted molar refractivity (Wildman–Crippen MR) is 49.8 cm³/mol. The van der Waals surface area contributed by atoms with Gasteiger partial charge in [0.05, 0.1) is 11.3 Å². The van der Waals surface area contributed by atoms with E-state index in [1.165, 1.54) is 0 Å². The molecule has 2 rings (SSSR count). The largest absolute Gasteiger partial charge is 0.285 e. The van der Waals surface area contributed by atoms with Crippen LogP contribution in [-0.4, -0.2) is 11.7 Å². The van der Waals surface area contributed by atoms with Crippen LogP contribution in [0.5, 0.6) is 0 Å². The van der Waals surface area contributed by atoms with E-state index in [1.54, 1.807) is 13.0 Å². The van der Waals surface area contributed by atoms with Crippen LogP contribution in [0.1, 0.15) is 17.3 Å². The second-order valence-corrected chi connectivity index (χ2v) is 2.79. The Labute approximate surface area is 75.6 Å². The van der Waals surface area contributed by atoms with E-state index >= 15 is 0 Å². The van der Waals surface area contributed by atoms with E-state index in [4.69, 9.17) is 0 Å². The summed E-state index contributed by atoms with van der Waals surface area (Å²) < 4.78 is 0. The van der Waals surface area contributed by atoms with E-state index < -0.39 is 0 Å². The quantitative estimate of drug-likeness (QED) is 0.617. The van der Waals surface area contributed by atoms with Crippen LogP contribution in [0.2, 0.25) is 0 Å². The van der Waals surface area contributed by atoms with E-state index in [9.17, 15) is 4.79 Å². The molecule has 1 aliphatic rings. The predicted octanol–water partition coefficient (Wildman–Crippen LogP) is 0.984. The third kappa shape index (κ3) is 1.38. The second kappa shape index (κ2) is 2.90. The molecule has 1 aromatic carbocycles. The van der Waals surface area contributed by atoms with Gasteiger partial charge in [-0.3, -0.25) is 15.6 Å². The molecule has 1 aliphatic heterocycles. The van der Waals surface area contributed by atoms with Crippen LogP contribution in [0, 0.1) is 0 Å². The van der Waals surface area contributed by atoms with E-state index in [0.717, 1.165) is 0 Å². The third-order valence-corrected chi connectivity index (χ3v) is 1.79. The highest BCUT2D eigenvalue weighted by atomic mass is 16.2. The number of amides is 1. The summed E-state index contributed by atoms with van der Waals surface area (Å²) in [6, 6.07) is 7.22. The first kappa shape index (κ1) is 7.79. The molecule has 1 heterocycles. The zero-order valence-electron chi connectivity index (χ0n) is 7.16. The molecule has 66 valence electrons. The van der Waals surface area contributed by atoms with Crippen LogP contribution < -0.4 is 10.9 Å². The van der Waals surface area contributed by atoms with Crippen molar-refractivity contribution < 1.29 is 4.79 Å². The molecule has 0 saturated heterocycles. The number of carbonyl (C=O) groups is 1. The smallest absolute Gasteiger partial charge is 0.271 e. The lowest BCUT2D eigenvalue weighted by molar-refractivity contribution is 0.0945. The summed E-state index contributed by atoms with van der Waals surface area (Å²) in [7, 11) is 0. The minimum Gasteiger partial charge on any atom is -0.285 e. The fourth-order valence-electron chi connectivity index (χ4n) is 1.19. The van der Waals surface area contributed by atoms with Gasteiger partial charge in [-0.15, -0.1) is 0 Å². The van der Waals surface area contributed by atoms with Gasteiger partial charge >= 0.3 is 0 Å². The lowest BCUT2D eigenvalue weighted by Crippen LogP contribution is -2.38. The summed E-state index contributed by atoms with van der Waals surface area (Å²) in [5, 5.41) is 0. The maximum absolute atomic E-state index is 11.4. The van der Waals surface area contributed by atoms with Crippen molar-refractivity contribution in [2.24, 2.45) is 4.99 Å². The van der Waals surface area contributed by atoms with Gasteiger partial charge in [0.25, 0.3) is 5.91 Å². The summed E-state index contributed by atoms with van der Waals surface area (Å²) in [4.78, 5) is 15.6. The highest BCUT2D eigenvalue weighted by Gasteiger charge is 2.13. The van der Waals surface area contributed by atoms with Crippen molar-refractivity contribution in [2.75, 3.05) is 0 Å². The number of nitrogens with one attached hydrogen (secondary N) is 2. The van der Waals surface area contributed by atoms with Gasteiger partial charge in [0.1, 0.15) is 5.84 Å². The van der Waals surface area contributed by atoms with Crippen molar-refractivity contribution in [1.82, 2.24) is 10.9 Å². The fourth-order valence-corrected chi connectivity index (χ4v) is 1.19. The van der Waals surface area contributed by atoms with Crippen molar-refractivity contribution in [2.45, 2.75) is 6.92 Å². The zero-order valence-corrected chi connectivity index (χ0v) is 7.16. The molecule has 1 amide bonds. The molecule has 0 bridgehead atoms. The van der Waals surface area contributed by atoms with Gasteiger partial charge in [0.2, 0.25) is 0 Å². The molecular weight excluding hydrogens is 166 g/mol. The Balaban J connectivity index is 2.57. The standard InChI is InChI=1S/C9H9N3O/c1-6-10-8-5-3-2-4-7(8)9(13)12-11-6/h2-5H,1H3,(H,10,11)(H,12,13). The SMILES string of the molecule is CC1=Nc2ccccc2C(=O)NN1. The Hall–Kier alpha value is -1.84. The molecule has 0 saturated carbocycles. The molecule has 0 fully saturated rings. The minimum absolute atomic E-state index is 0.156. The number of aliphatic imine (C=N–C) groups is 1. The summed E-state index contributed by atoms with van der Waals surface area (Å²) >= 11 is 0. The van der Waals surface area contributed by atoms with Crippen molar-refractivity contribution in [3.05, 3.63) is 29.8 Å². The van der Waals surface area contributed by atoms with Crippen LogP contribution in [0.25, 0.3) is 0 Å². The lowest BCUT2D eigenvalue weighted by atomic mass is 10.2. The second-order valence-electron chi connectivity index (χ2n) is 2.79. The van der Waals surface area contributed by atoms with Gasteiger partial charge in [-0.1, -0.05) is 12.1 Å². The van der Waals surface area contributed by atoms with E-state index in [2.05, 4.69) is 15.8 Å². The zero-order chi connectivity index (χ0) is 9.26. The number of hydrogen-bond donors (Lipinski definition) is 2. The Bertz CT molecular complexity index is 384. The Kier molecular flexibility index (Phi) is 1.73. The summed E-state index contributed by atoms with van der Waals surface area (Å²) in [6.45, 7) is 1.79. The highest BCUT2D eigenvalue weighted by Crippen LogP contribution is 2.19. The Morgan fingerprint density at radius 3 is 2.85 bits per heavy atom. The van der Waals surface area contributed by atoms with Crippen LogP contribution in [0.3, 0.4) is 0 Å². The van der Waals surface area contributed by atoms with Gasteiger partial charge in [0, 0.05) is 0 Å². The number of rotatable bonds is 0. The molecule has 0 radical (unpaired) electrons. The maximum Gasteiger partial charge on any atom is 0.271 e. The molecule has 0 unspecified atom stereocenters. The van der Waals surface area contributed by atoms with Crippen molar-refractivity contribution in [3.8, 4) is 0 Å². The van der Waals surface area contributed by atoms with Crippen LogP contribution in [0.4, 0.5) is 5.69 Å². The van der Waals surface area contributed by atoms with Crippen LogP contribution in [-0.2, 0) is 0 Å². The highest BCUT2D eigenvalue weighted by molar-refractivity contribution is 6.02. The molecule has 2 N–H and O–H groups in total. The van der Waals surface area contributed by atoms with E-state index in [-0.39, 0.29) is 5.91 Å². The third-order valence-electron chi connectivity index (χ3n) is 1.79. The number of amidine groups is 1. The molecule has 1 aromatic rings. The molecule has 0 spiro atoms. The molecule has 13 heavy (non-hydrogen) atoms. The van der Waals surface area contributed by atoms with Crippen LogP contribution in [0.15, 0.2) is 29.3 Å². The average Bonchev–Trinajstić information content (AvgIpc) is 2.27. The molecule has 4 nitrogen and oxygen atoms in total. The first-order valence-corrected chi connectivity index (χ1v) is 3.98. The first-order chi connectivity index (χ1) is 6.27. The number of benzene rings is 1. The van der Waals surface area contributed by atoms with Crippen molar-refractivity contribution in [3.63, 3.8) is 0 Å². The van der Waals surface area contributed by atoms with Gasteiger partial charge in [-0.05, 0) is 19.1 Å². The summed E-state index contributed by atoms with van der Waals surface area (Å²) in [5.41, 5.74) is 6.51. The van der Waals surface area contributed by atoms with Gasteiger partial charge in [-0.2, -0.15) is 0 Å².